The van der Waals surface area contributed by atoms with Gasteiger partial charge in [-0.1, -0.05) is 0 Å². The van der Waals surface area contributed by atoms with Gasteiger partial charge in [0.1, 0.15) is 5.82 Å². The van der Waals surface area contributed by atoms with Gasteiger partial charge in [0.25, 0.3) is 0 Å². The lowest BCUT2D eigenvalue weighted by atomic mass is 9.89. The Morgan fingerprint density at radius 3 is 2.52 bits per heavy atom. The average Bonchev–Trinajstić information content (AvgIpc) is 2.94. The lowest BCUT2D eigenvalue weighted by Gasteiger charge is -2.31. The lowest BCUT2D eigenvalue weighted by molar-refractivity contribution is 0.0900. The Balaban J connectivity index is 1.63. The zero-order valence-electron chi connectivity index (χ0n) is 11.9. The summed E-state index contributed by atoms with van der Waals surface area (Å²) < 4.78 is 12.9. The highest BCUT2D eigenvalue weighted by atomic mass is 32.1. The second-order valence-electron chi connectivity index (χ2n) is 5.39. The average molecular weight is 304 g/mol. The standard InChI is InChI=1S/C16H17FN2OS/c1-11-10-18-16(21-11)19-8-6-13(7-9-19)15(20)12-2-4-14(17)5-3-12/h2-5,10,13H,6-9H2,1H3. The van der Waals surface area contributed by atoms with E-state index in [1.807, 2.05) is 13.1 Å². The highest BCUT2D eigenvalue weighted by Crippen LogP contribution is 2.28. The first-order valence-electron chi connectivity index (χ1n) is 7.10. The minimum absolute atomic E-state index is 0.0350. The monoisotopic (exact) mass is 304 g/mol. The Morgan fingerprint density at radius 2 is 1.95 bits per heavy atom. The fourth-order valence-electron chi connectivity index (χ4n) is 2.67. The van der Waals surface area contributed by atoms with Crippen molar-refractivity contribution in [1.29, 1.82) is 0 Å². The molecule has 1 saturated heterocycles. The van der Waals surface area contributed by atoms with Crippen LogP contribution in [0.1, 0.15) is 28.1 Å². The minimum atomic E-state index is -0.305. The maximum Gasteiger partial charge on any atom is 0.185 e. The van der Waals surface area contributed by atoms with Gasteiger partial charge >= 0.3 is 0 Å². The number of Topliss-reactive ketones (excluding diaryl/α,β-unsaturated/α-hetero) is 1. The van der Waals surface area contributed by atoms with E-state index in [4.69, 9.17) is 0 Å². The van der Waals surface area contributed by atoms with E-state index in [1.165, 1.54) is 17.0 Å². The van der Waals surface area contributed by atoms with Crippen LogP contribution in [0.15, 0.2) is 30.5 Å². The van der Waals surface area contributed by atoms with Crippen molar-refractivity contribution in [3.63, 3.8) is 0 Å². The smallest absolute Gasteiger partial charge is 0.185 e. The largest absolute Gasteiger partial charge is 0.348 e. The first-order valence-corrected chi connectivity index (χ1v) is 7.92. The number of hydrogen-bond acceptors (Lipinski definition) is 4. The van der Waals surface area contributed by atoms with Crippen molar-refractivity contribution in [1.82, 2.24) is 4.98 Å². The van der Waals surface area contributed by atoms with Crippen LogP contribution in [0.4, 0.5) is 9.52 Å². The summed E-state index contributed by atoms with van der Waals surface area (Å²) in [4.78, 5) is 20.2. The van der Waals surface area contributed by atoms with Gasteiger partial charge in [-0.3, -0.25) is 4.79 Å². The molecule has 2 aromatic rings. The number of aromatic nitrogens is 1. The number of nitrogens with zero attached hydrogens (tertiary/aromatic N) is 2. The summed E-state index contributed by atoms with van der Waals surface area (Å²) >= 11 is 1.69. The number of rotatable bonds is 3. The van der Waals surface area contributed by atoms with Crippen LogP contribution in [0.25, 0.3) is 0 Å². The number of hydrogen-bond donors (Lipinski definition) is 0. The van der Waals surface area contributed by atoms with Crippen LogP contribution < -0.4 is 4.90 Å². The fourth-order valence-corrected chi connectivity index (χ4v) is 3.48. The third kappa shape index (κ3) is 3.13. The molecule has 0 bridgehead atoms. The number of anilines is 1. The first kappa shape index (κ1) is 14.2. The molecule has 21 heavy (non-hydrogen) atoms. The summed E-state index contributed by atoms with van der Waals surface area (Å²) in [6.45, 7) is 3.75. The van der Waals surface area contributed by atoms with E-state index in [0.717, 1.165) is 31.1 Å². The first-order chi connectivity index (χ1) is 10.1. The van der Waals surface area contributed by atoms with E-state index < -0.39 is 0 Å². The van der Waals surface area contributed by atoms with Gasteiger partial charge in [-0.25, -0.2) is 9.37 Å². The summed E-state index contributed by atoms with van der Waals surface area (Å²) in [5.41, 5.74) is 0.611. The van der Waals surface area contributed by atoms with E-state index in [0.29, 0.717) is 5.56 Å². The predicted octanol–water partition coefficient (Wildman–Crippen LogP) is 3.69. The molecule has 1 aromatic heterocycles. The summed E-state index contributed by atoms with van der Waals surface area (Å²) in [7, 11) is 0. The molecule has 1 aromatic carbocycles. The third-order valence-corrected chi connectivity index (χ3v) is 4.85. The molecule has 0 N–H and O–H groups in total. The third-order valence-electron chi connectivity index (χ3n) is 3.87. The Hall–Kier alpha value is -1.75. The number of benzene rings is 1. The van der Waals surface area contributed by atoms with E-state index in [9.17, 15) is 9.18 Å². The van der Waals surface area contributed by atoms with Gasteiger partial charge in [0, 0.05) is 35.6 Å². The van der Waals surface area contributed by atoms with Gasteiger partial charge < -0.3 is 4.90 Å². The molecule has 5 heteroatoms. The number of piperidine rings is 1. The number of carbonyl (C=O) groups is 1. The number of ketones is 1. The summed E-state index contributed by atoms with van der Waals surface area (Å²) in [5, 5.41) is 1.04. The maximum absolute atomic E-state index is 12.9. The van der Waals surface area contributed by atoms with Crippen LogP contribution in [0, 0.1) is 18.7 Å². The summed E-state index contributed by atoms with van der Waals surface area (Å²) in [6.07, 6.45) is 3.54. The topological polar surface area (TPSA) is 33.2 Å². The normalized spacial score (nSPS) is 16.2. The summed E-state index contributed by atoms with van der Waals surface area (Å²) in [5.74, 6) is -0.141. The van der Waals surface area contributed by atoms with E-state index in [-0.39, 0.29) is 17.5 Å². The molecule has 1 aliphatic heterocycles. The number of carbonyl (C=O) groups excluding carboxylic acids is 1. The Labute approximate surface area is 127 Å². The Morgan fingerprint density at radius 1 is 1.29 bits per heavy atom. The van der Waals surface area contributed by atoms with E-state index >= 15 is 0 Å². The van der Waals surface area contributed by atoms with Gasteiger partial charge in [-0.2, -0.15) is 0 Å². The fraction of sp³-hybridized carbons (Fsp3) is 0.375. The Bertz CT molecular complexity index is 630. The quantitative estimate of drug-likeness (QED) is 0.811. The second kappa shape index (κ2) is 5.93. The molecule has 2 heterocycles. The zero-order valence-corrected chi connectivity index (χ0v) is 12.7. The highest BCUT2D eigenvalue weighted by Gasteiger charge is 2.26. The van der Waals surface area contributed by atoms with Gasteiger partial charge in [-0.15, -0.1) is 11.3 Å². The van der Waals surface area contributed by atoms with Crippen molar-refractivity contribution in [2.75, 3.05) is 18.0 Å². The molecule has 1 fully saturated rings. The van der Waals surface area contributed by atoms with Gasteiger partial charge in [-0.05, 0) is 44.0 Å². The highest BCUT2D eigenvalue weighted by molar-refractivity contribution is 7.15. The van der Waals surface area contributed by atoms with Gasteiger partial charge in [0.15, 0.2) is 10.9 Å². The van der Waals surface area contributed by atoms with E-state index in [2.05, 4.69) is 9.88 Å². The molecule has 3 rings (SSSR count). The van der Waals surface area contributed by atoms with Gasteiger partial charge in [0.05, 0.1) is 0 Å². The van der Waals surface area contributed by atoms with Crippen LogP contribution in [0.5, 0.6) is 0 Å². The Kier molecular flexibility index (Phi) is 4.01. The van der Waals surface area contributed by atoms with Gasteiger partial charge in [0.2, 0.25) is 0 Å². The SMILES string of the molecule is Cc1cnc(N2CCC(C(=O)c3ccc(F)cc3)CC2)s1. The minimum Gasteiger partial charge on any atom is -0.348 e. The molecular weight excluding hydrogens is 287 g/mol. The molecule has 0 atom stereocenters. The number of aryl methyl sites for hydroxylation is 1. The molecule has 0 amide bonds. The molecule has 0 saturated carbocycles. The summed E-state index contributed by atoms with van der Waals surface area (Å²) in [6, 6.07) is 5.85. The number of thiazole rings is 1. The van der Waals surface area contributed by atoms with Crippen molar-refractivity contribution in [2.24, 2.45) is 5.92 Å². The number of halogens is 1. The van der Waals surface area contributed by atoms with Crippen LogP contribution in [0.2, 0.25) is 0 Å². The molecule has 3 nitrogen and oxygen atoms in total. The lowest BCUT2D eigenvalue weighted by Crippen LogP contribution is -2.36. The van der Waals surface area contributed by atoms with Crippen LogP contribution in [-0.4, -0.2) is 23.9 Å². The molecule has 0 unspecified atom stereocenters. The van der Waals surface area contributed by atoms with Crippen molar-refractivity contribution >= 4 is 22.3 Å². The molecule has 110 valence electrons. The molecular formula is C16H17FN2OS. The molecule has 0 spiro atoms. The molecule has 0 radical (unpaired) electrons. The van der Waals surface area contributed by atoms with Crippen molar-refractivity contribution in [3.05, 3.63) is 46.7 Å². The van der Waals surface area contributed by atoms with Crippen molar-refractivity contribution in [3.8, 4) is 0 Å². The van der Waals surface area contributed by atoms with Crippen LogP contribution >= 0.6 is 11.3 Å². The van der Waals surface area contributed by atoms with Crippen molar-refractivity contribution < 1.29 is 9.18 Å². The maximum atomic E-state index is 12.9. The van der Waals surface area contributed by atoms with E-state index in [1.54, 1.807) is 23.5 Å². The van der Waals surface area contributed by atoms with Crippen LogP contribution in [-0.2, 0) is 0 Å². The van der Waals surface area contributed by atoms with Crippen LogP contribution in [0.3, 0.4) is 0 Å². The molecule has 0 aliphatic carbocycles. The molecule has 1 aliphatic rings. The van der Waals surface area contributed by atoms with Crippen molar-refractivity contribution in [2.45, 2.75) is 19.8 Å². The predicted molar refractivity (Wildman–Crippen MR) is 82.5 cm³/mol. The zero-order chi connectivity index (χ0) is 14.8. The second-order valence-corrected chi connectivity index (χ2v) is 6.60.